The van der Waals surface area contributed by atoms with E-state index in [9.17, 15) is 4.79 Å². The topological polar surface area (TPSA) is 61.8 Å². The minimum absolute atomic E-state index is 0.0604. The van der Waals surface area contributed by atoms with Crippen molar-refractivity contribution in [2.24, 2.45) is 0 Å². The first-order chi connectivity index (χ1) is 6.60. The highest BCUT2D eigenvalue weighted by Gasteiger charge is 2.10. The summed E-state index contributed by atoms with van der Waals surface area (Å²) in [6, 6.07) is -0.297. The van der Waals surface area contributed by atoms with E-state index in [4.69, 9.17) is 9.84 Å². The Kier molecular flexibility index (Phi) is 7.37. The number of nitrogens with one attached hydrogen (secondary N) is 1. The summed E-state index contributed by atoms with van der Waals surface area (Å²) < 4.78 is 4.84. The maximum absolute atomic E-state index is 11.3. The zero-order valence-corrected chi connectivity index (χ0v) is 9.12. The van der Waals surface area contributed by atoms with Gasteiger partial charge in [-0.2, -0.15) is 0 Å². The van der Waals surface area contributed by atoms with Crippen LogP contribution in [0.3, 0.4) is 0 Å². The molecule has 0 aromatic heterocycles. The number of hydrogen-bond acceptors (Lipinski definition) is 4. The number of methoxy groups -OCH3 is 1. The van der Waals surface area contributed by atoms with E-state index in [1.54, 1.807) is 0 Å². The Bertz CT molecular complexity index is 162. The van der Waals surface area contributed by atoms with Crippen molar-refractivity contribution in [2.45, 2.75) is 12.5 Å². The monoisotopic (exact) mass is 204 g/mol. The summed E-state index contributed by atoms with van der Waals surface area (Å²) in [6.07, 6.45) is 0.438. The van der Waals surface area contributed by atoms with Crippen LogP contribution in [0, 0.1) is 0 Å². The first-order valence-electron chi connectivity index (χ1n) is 4.64. The molecule has 84 valence electrons. The molecule has 14 heavy (non-hydrogen) atoms. The van der Waals surface area contributed by atoms with E-state index in [0.717, 1.165) is 0 Å². The molecule has 0 saturated carbocycles. The third kappa shape index (κ3) is 6.82. The number of nitrogens with zero attached hydrogens (tertiary/aromatic N) is 1. The second-order valence-electron chi connectivity index (χ2n) is 3.46. The van der Waals surface area contributed by atoms with Gasteiger partial charge in [0, 0.05) is 20.1 Å². The van der Waals surface area contributed by atoms with Crippen LogP contribution in [0.5, 0.6) is 0 Å². The molecule has 0 aliphatic heterocycles. The largest absolute Gasteiger partial charge is 0.394 e. The van der Waals surface area contributed by atoms with Crippen LogP contribution in [-0.4, -0.2) is 62.9 Å². The number of ether oxygens (including phenoxy) is 1. The lowest BCUT2D eigenvalue weighted by Gasteiger charge is -2.16. The minimum Gasteiger partial charge on any atom is -0.394 e. The van der Waals surface area contributed by atoms with Gasteiger partial charge in [-0.25, -0.2) is 0 Å². The summed E-state index contributed by atoms with van der Waals surface area (Å²) in [4.78, 5) is 13.2. The summed E-state index contributed by atoms with van der Waals surface area (Å²) >= 11 is 0. The molecule has 0 aromatic rings. The van der Waals surface area contributed by atoms with Gasteiger partial charge in [-0.1, -0.05) is 0 Å². The summed E-state index contributed by atoms with van der Waals surface area (Å²) in [5, 5.41) is 11.6. The van der Waals surface area contributed by atoms with Crippen molar-refractivity contribution in [2.75, 3.05) is 41.0 Å². The third-order valence-electron chi connectivity index (χ3n) is 1.74. The van der Waals surface area contributed by atoms with E-state index in [-0.39, 0.29) is 18.6 Å². The molecule has 0 saturated heterocycles. The highest BCUT2D eigenvalue weighted by atomic mass is 16.5. The van der Waals surface area contributed by atoms with Gasteiger partial charge >= 0.3 is 0 Å². The highest BCUT2D eigenvalue weighted by Crippen LogP contribution is 1.88. The van der Waals surface area contributed by atoms with Gasteiger partial charge in [-0.3, -0.25) is 4.79 Å². The lowest BCUT2D eigenvalue weighted by Crippen LogP contribution is -2.41. The molecule has 0 aliphatic rings. The molecule has 0 aliphatic carbocycles. The Morgan fingerprint density at radius 2 is 2.21 bits per heavy atom. The van der Waals surface area contributed by atoms with Gasteiger partial charge in [0.05, 0.1) is 19.3 Å². The predicted octanol–water partition coefficient (Wildman–Crippen LogP) is -0.938. The van der Waals surface area contributed by atoms with E-state index in [0.29, 0.717) is 19.6 Å². The first kappa shape index (κ1) is 13.4. The third-order valence-corrected chi connectivity index (χ3v) is 1.74. The Balaban J connectivity index is 3.67. The van der Waals surface area contributed by atoms with Gasteiger partial charge in [-0.15, -0.1) is 0 Å². The zero-order chi connectivity index (χ0) is 11.0. The number of carbonyl (C=O) groups is 1. The van der Waals surface area contributed by atoms with Crippen LogP contribution < -0.4 is 5.32 Å². The van der Waals surface area contributed by atoms with Crippen molar-refractivity contribution >= 4 is 5.91 Å². The molecule has 0 aromatic carbocycles. The highest BCUT2D eigenvalue weighted by molar-refractivity contribution is 5.76. The van der Waals surface area contributed by atoms with Gasteiger partial charge in [0.1, 0.15) is 0 Å². The molecular weight excluding hydrogens is 184 g/mol. The molecule has 1 atom stereocenters. The zero-order valence-electron chi connectivity index (χ0n) is 9.12. The Labute approximate surface area is 85.0 Å². The van der Waals surface area contributed by atoms with Crippen LogP contribution in [0.4, 0.5) is 0 Å². The smallest absolute Gasteiger partial charge is 0.221 e. The van der Waals surface area contributed by atoms with E-state index in [2.05, 4.69) is 5.32 Å². The number of rotatable bonds is 7. The van der Waals surface area contributed by atoms with Crippen LogP contribution in [0.25, 0.3) is 0 Å². The number of carbonyl (C=O) groups excluding carboxylic acids is 1. The fraction of sp³-hybridized carbons (Fsp3) is 0.889. The van der Waals surface area contributed by atoms with E-state index < -0.39 is 0 Å². The van der Waals surface area contributed by atoms with Crippen LogP contribution >= 0.6 is 0 Å². The van der Waals surface area contributed by atoms with Gasteiger partial charge < -0.3 is 20.1 Å². The van der Waals surface area contributed by atoms with E-state index in [1.807, 2.05) is 19.0 Å². The molecule has 1 unspecified atom stereocenters. The standard InChI is InChI=1S/C9H20N2O3/c1-11(2)5-4-9(13)10-8(6-12)7-14-3/h8,12H,4-7H2,1-3H3,(H,10,13). The molecule has 0 rings (SSSR count). The van der Waals surface area contributed by atoms with Crippen LogP contribution in [0.1, 0.15) is 6.42 Å². The van der Waals surface area contributed by atoms with Crippen molar-refractivity contribution in [3.8, 4) is 0 Å². The SMILES string of the molecule is COCC(CO)NC(=O)CCN(C)C. The minimum atomic E-state index is -0.297. The second-order valence-corrected chi connectivity index (χ2v) is 3.46. The van der Waals surface area contributed by atoms with Gasteiger partial charge in [0.15, 0.2) is 0 Å². The van der Waals surface area contributed by atoms with Crippen molar-refractivity contribution in [1.29, 1.82) is 0 Å². The van der Waals surface area contributed by atoms with Crippen molar-refractivity contribution in [3.05, 3.63) is 0 Å². The van der Waals surface area contributed by atoms with Gasteiger partial charge in [-0.05, 0) is 14.1 Å². The number of aliphatic hydroxyl groups excluding tert-OH is 1. The van der Waals surface area contributed by atoms with E-state index in [1.165, 1.54) is 7.11 Å². The average molecular weight is 204 g/mol. The normalized spacial score (nSPS) is 12.9. The molecule has 0 fully saturated rings. The summed E-state index contributed by atoms with van der Waals surface area (Å²) in [6.45, 7) is 0.947. The maximum Gasteiger partial charge on any atom is 0.221 e. The lowest BCUT2D eigenvalue weighted by atomic mass is 10.3. The second kappa shape index (κ2) is 7.73. The van der Waals surface area contributed by atoms with Gasteiger partial charge in [0.25, 0.3) is 0 Å². The fourth-order valence-corrected chi connectivity index (χ4v) is 0.966. The Morgan fingerprint density at radius 3 is 2.64 bits per heavy atom. The molecule has 2 N–H and O–H groups in total. The number of aliphatic hydroxyl groups is 1. The molecule has 0 radical (unpaired) electrons. The quantitative estimate of drug-likeness (QED) is 0.562. The van der Waals surface area contributed by atoms with E-state index >= 15 is 0 Å². The molecule has 1 amide bonds. The predicted molar refractivity (Wildman–Crippen MR) is 54.1 cm³/mol. The first-order valence-corrected chi connectivity index (χ1v) is 4.64. The van der Waals surface area contributed by atoms with Gasteiger partial charge in [0.2, 0.25) is 5.91 Å². The molecular formula is C9H20N2O3. The van der Waals surface area contributed by atoms with Crippen LogP contribution in [0.2, 0.25) is 0 Å². The molecule has 5 heteroatoms. The molecule has 0 bridgehead atoms. The summed E-state index contributed by atoms with van der Waals surface area (Å²) in [5.41, 5.74) is 0. The van der Waals surface area contributed by atoms with Crippen molar-refractivity contribution in [1.82, 2.24) is 10.2 Å². The molecule has 0 heterocycles. The average Bonchev–Trinajstić information content (AvgIpc) is 2.14. The summed E-state index contributed by atoms with van der Waals surface area (Å²) in [5.74, 6) is -0.0604. The Morgan fingerprint density at radius 1 is 1.57 bits per heavy atom. The lowest BCUT2D eigenvalue weighted by molar-refractivity contribution is -0.122. The van der Waals surface area contributed by atoms with Crippen molar-refractivity contribution < 1.29 is 14.6 Å². The fourth-order valence-electron chi connectivity index (χ4n) is 0.966. The van der Waals surface area contributed by atoms with Crippen LogP contribution in [-0.2, 0) is 9.53 Å². The maximum atomic E-state index is 11.3. The van der Waals surface area contributed by atoms with Crippen molar-refractivity contribution in [3.63, 3.8) is 0 Å². The Hall–Kier alpha value is -0.650. The molecule has 5 nitrogen and oxygen atoms in total. The van der Waals surface area contributed by atoms with Crippen LogP contribution in [0.15, 0.2) is 0 Å². The molecule has 0 spiro atoms. The summed E-state index contributed by atoms with van der Waals surface area (Å²) in [7, 11) is 5.35. The number of hydrogen-bond donors (Lipinski definition) is 2. The number of amides is 1.